The Hall–Kier alpha value is -0.870. The standard InChI is InChI=1S/C13H15BrN2S/c1-8-6-11(17-10(8)3)7-15-13-5-4-12(14)9(2)16-13/h4-6H,7H2,1-3H3,(H,15,16). The van der Waals surface area contributed by atoms with Gasteiger partial charge in [0.25, 0.3) is 0 Å². The summed E-state index contributed by atoms with van der Waals surface area (Å²) in [6, 6.07) is 6.25. The molecule has 2 rings (SSSR count). The molecule has 0 unspecified atom stereocenters. The fourth-order valence-corrected chi connectivity index (χ4v) is 2.77. The molecule has 2 aromatic rings. The van der Waals surface area contributed by atoms with Crippen molar-refractivity contribution < 1.29 is 0 Å². The molecule has 0 saturated heterocycles. The predicted octanol–water partition coefficient (Wildman–Crippen LogP) is 4.44. The van der Waals surface area contributed by atoms with E-state index in [2.05, 4.69) is 46.1 Å². The van der Waals surface area contributed by atoms with E-state index in [0.717, 1.165) is 22.5 Å². The Labute approximate surface area is 114 Å². The lowest BCUT2D eigenvalue weighted by Gasteiger charge is -2.05. The maximum Gasteiger partial charge on any atom is 0.126 e. The second-order valence-electron chi connectivity index (χ2n) is 4.07. The highest BCUT2D eigenvalue weighted by Gasteiger charge is 2.03. The van der Waals surface area contributed by atoms with Gasteiger partial charge in [-0.05, 0) is 60.5 Å². The highest BCUT2D eigenvalue weighted by molar-refractivity contribution is 9.10. The Morgan fingerprint density at radius 1 is 1.29 bits per heavy atom. The molecule has 0 aromatic carbocycles. The summed E-state index contributed by atoms with van der Waals surface area (Å²) in [6.45, 7) is 7.14. The number of anilines is 1. The van der Waals surface area contributed by atoms with Crippen LogP contribution >= 0.6 is 27.3 Å². The van der Waals surface area contributed by atoms with Crippen molar-refractivity contribution in [2.75, 3.05) is 5.32 Å². The van der Waals surface area contributed by atoms with Gasteiger partial charge in [-0.1, -0.05) is 0 Å². The molecular weight excluding hydrogens is 296 g/mol. The molecule has 90 valence electrons. The number of thiophene rings is 1. The fraction of sp³-hybridized carbons (Fsp3) is 0.308. The summed E-state index contributed by atoms with van der Waals surface area (Å²) >= 11 is 5.29. The quantitative estimate of drug-likeness (QED) is 0.906. The van der Waals surface area contributed by atoms with E-state index in [1.807, 2.05) is 30.4 Å². The molecule has 0 radical (unpaired) electrons. The van der Waals surface area contributed by atoms with E-state index in [1.165, 1.54) is 15.3 Å². The molecule has 1 N–H and O–H groups in total. The molecule has 0 aliphatic carbocycles. The SMILES string of the molecule is Cc1cc(CNc2ccc(Br)c(C)n2)sc1C. The van der Waals surface area contributed by atoms with Gasteiger partial charge < -0.3 is 5.32 Å². The van der Waals surface area contributed by atoms with Crippen molar-refractivity contribution in [3.05, 3.63) is 43.7 Å². The van der Waals surface area contributed by atoms with Gasteiger partial charge >= 0.3 is 0 Å². The van der Waals surface area contributed by atoms with Crippen LogP contribution in [-0.4, -0.2) is 4.98 Å². The van der Waals surface area contributed by atoms with Crippen LogP contribution < -0.4 is 5.32 Å². The van der Waals surface area contributed by atoms with Gasteiger partial charge in [0.05, 0.1) is 12.2 Å². The van der Waals surface area contributed by atoms with E-state index >= 15 is 0 Å². The Morgan fingerprint density at radius 3 is 2.65 bits per heavy atom. The minimum atomic E-state index is 0.841. The fourth-order valence-electron chi connectivity index (χ4n) is 1.56. The lowest BCUT2D eigenvalue weighted by atomic mass is 10.3. The number of hydrogen-bond acceptors (Lipinski definition) is 3. The van der Waals surface area contributed by atoms with E-state index in [0.29, 0.717) is 0 Å². The zero-order valence-electron chi connectivity index (χ0n) is 10.2. The molecule has 0 bridgehead atoms. The van der Waals surface area contributed by atoms with E-state index < -0.39 is 0 Å². The average molecular weight is 311 g/mol. The van der Waals surface area contributed by atoms with Crippen molar-refractivity contribution in [1.82, 2.24) is 4.98 Å². The first-order valence-corrected chi connectivity index (χ1v) is 7.10. The number of pyridine rings is 1. The molecule has 0 amide bonds. The Balaban J connectivity index is 2.04. The second kappa shape index (κ2) is 5.19. The lowest BCUT2D eigenvalue weighted by Crippen LogP contribution is -2.00. The third kappa shape index (κ3) is 3.07. The smallest absolute Gasteiger partial charge is 0.126 e. The van der Waals surface area contributed by atoms with E-state index in [1.54, 1.807) is 0 Å². The van der Waals surface area contributed by atoms with Crippen molar-refractivity contribution in [1.29, 1.82) is 0 Å². The minimum absolute atomic E-state index is 0.841. The molecule has 0 saturated carbocycles. The molecule has 2 heterocycles. The van der Waals surface area contributed by atoms with Gasteiger partial charge in [0, 0.05) is 14.2 Å². The van der Waals surface area contributed by atoms with Crippen LogP contribution in [0.3, 0.4) is 0 Å². The third-order valence-corrected chi connectivity index (χ3v) is 4.67. The number of nitrogens with one attached hydrogen (secondary N) is 1. The molecule has 17 heavy (non-hydrogen) atoms. The van der Waals surface area contributed by atoms with E-state index in [9.17, 15) is 0 Å². The van der Waals surface area contributed by atoms with Crippen molar-refractivity contribution in [3.63, 3.8) is 0 Å². The van der Waals surface area contributed by atoms with Crippen LogP contribution in [0.2, 0.25) is 0 Å². The highest BCUT2D eigenvalue weighted by Crippen LogP contribution is 2.22. The van der Waals surface area contributed by atoms with Crippen LogP contribution in [-0.2, 0) is 6.54 Å². The number of halogens is 1. The summed E-state index contributed by atoms with van der Waals surface area (Å²) in [6.07, 6.45) is 0. The molecule has 0 atom stereocenters. The highest BCUT2D eigenvalue weighted by atomic mass is 79.9. The van der Waals surface area contributed by atoms with Gasteiger partial charge in [-0.2, -0.15) is 0 Å². The summed E-state index contributed by atoms with van der Waals surface area (Å²) < 4.78 is 1.05. The van der Waals surface area contributed by atoms with Crippen LogP contribution in [0.4, 0.5) is 5.82 Å². The van der Waals surface area contributed by atoms with Crippen molar-refractivity contribution >= 4 is 33.1 Å². The molecule has 0 spiro atoms. The van der Waals surface area contributed by atoms with Gasteiger partial charge in [0.15, 0.2) is 0 Å². The largest absolute Gasteiger partial charge is 0.365 e. The molecule has 0 aliphatic heterocycles. The van der Waals surface area contributed by atoms with Crippen molar-refractivity contribution in [2.45, 2.75) is 27.3 Å². The number of aryl methyl sites for hydroxylation is 3. The Kier molecular flexibility index (Phi) is 3.84. The second-order valence-corrected chi connectivity index (χ2v) is 6.26. The summed E-state index contributed by atoms with van der Waals surface area (Å²) in [7, 11) is 0. The van der Waals surface area contributed by atoms with Gasteiger partial charge in [-0.25, -0.2) is 4.98 Å². The predicted molar refractivity (Wildman–Crippen MR) is 77.8 cm³/mol. The third-order valence-electron chi connectivity index (χ3n) is 2.68. The summed E-state index contributed by atoms with van der Waals surface area (Å²) in [5.74, 6) is 0.925. The first-order valence-electron chi connectivity index (χ1n) is 5.49. The molecule has 0 aliphatic rings. The Bertz CT molecular complexity index is 515. The molecule has 4 heteroatoms. The maximum absolute atomic E-state index is 4.46. The summed E-state index contributed by atoms with van der Waals surface area (Å²) in [5.41, 5.74) is 2.38. The van der Waals surface area contributed by atoms with Crippen molar-refractivity contribution in [2.24, 2.45) is 0 Å². The van der Waals surface area contributed by atoms with Crippen LogP contribution in [0.25, 0.3) is 0 Å². The zero-order chi connectivity index (χ0) is 12.4. The first-order chi connectivity index (χ1) is 8.06. The first kappa shape index (κ1) is 12.6. The summed E-state index contributed by atoms with van der Waals surface area (Å²) in [5, 5.41) is 3.35. The van der Waals surface area contributed by atoms with E-state index in [-0.39, 0.29) is 0 Å². The van der Waals surface area contributed by atoms with Gasteiger partial charge in [0.2, 0.25) is 0 Å². The molecule has 0 fully saturated rings. The molecular formula is C13H15BrN2S. The normalized spacial score (nSPS) is 10.6. The zero-order valence-corrected chi connectivity index (χ0v) is 12.6. The maximum atomic E-state index is 4.46. The van der Waals surface area contributed by atoms with Crippen molar-refractivity contribution in [3.8, 4) is 0 Å². The topological polar surface area (TPSA) is 24.9 Å². The number of rotatable bonds is 3. The average Bonchev–Trinajstić information content (AvgIpc) is 2.60. The van der Waals surface area contributed by atoms with Gasteiger partial charge in [-0.15, -0.1) is 11.3 Å². The lowest BCUT2D eigenvalue weighted by molar-refractivity contribution is 1.10. The number of nitrogens with zero attached hydrogens (tertiary/aromatic N) is 1. The monoisotopic (exact) mass is 310 g/mol. The van der Waals surface area contributed by atoms with Gasteiger partial charge in [-0.3, -0.25) is 0 Å². The molecule has 2 aromatic heterocycles. The van der Waals surface area contributed by atoms with Crippen LogP contribution in [0, 0.1) is 20.8 Å². The number of hydrogen-bond donors (Lipinski definition) is 1. The minimum Gasteiger partial charge on any atom is -0.365 e. The molecule has 2 nitrogen and oxygen atoms in total. The van der Waals surface area contributed by atoms with Crippen LogP contribution in [0.1, 0.15) is 21.0 Å². The van der Waals surface area contributed by atoms with Crippen LogP contribution in [0.5, 0.6) is 0 Å². The van der Waals surface area contributed by atoms with Gasteiger partial charge in [0.1, 0.15) is 5.82 Å². The Morgan fingerprint density at radius 2 is 2.06 bits per heavy atom. The summed E-state index contributed by atoms with van der Waals surface area (Å²) in [4.78, 5) is 7.20. The number of aromatic nitrogens is 1. The van der Waals surface area contributed by atoms with E-state index in [4.69, 9.17) is 0 Å². The van der Waals surface area contributed by atoms with Crippen LogP contribution in [0.15, 0.2) is 22.7 Å².